The molecule has 8 nitrogen and oxygen atoms in total. The molecule has 1 saturated carbocycles. The lowest BCUT2D eigenvalue weighted by Crippen LogP contribution is -2.38. The van der Waals surface area contributed by atoms with Gasteiger partial charge in [-0.05, 0) is 36.6 Å². The maximum absolute atomic E-state index is 12.0. The van der Waals surface area contributed by atoms with Gasteiger partial charge in [0.2, 0.25) is 0 Å². The molecule has 0 spiro atoms. The molecule has 6 rings (SSSR count). The number of hydrogen-bond donors (Lipinski definition) is 0. The number of rotatable bonds is 5. The molecule has 170 valence electrons. The molecular weight excluding hydrogens is 418 g/mol. The summed E-state index contributed by atoms with van der Waals surface area (Å²) in [5.41, 5.74) is 3.83. The molecule has 4 heterocycles. The van der Waals surface area contributed by atoms with Crippen LogP contribution in [0.4, 0.5) is 16.2 Å². The fourth-order valence-electron chi connectivity index (χ4n) is 4.50. The molecule has 3 aromatic rings. The highest BCUT2D eigenvalue weighted by Gasteiger charge is 2.26. The van der Waals surface area contributed by atoms with Gasteiger partial charge in [0.25, 0.3) is 0 Å². The first kappa shape index (κ1) is 17.0. The average molecular weight is 449 g/mol. The zero-order valence-electron chi connectivity index (χ0n) is 21.2. The number of cyclic esters (lactones) is 1. The molecule has 1 aliphatic carbocycles. The molecule has 2 aromatic heterocycles. The lowest BCUT2D eigenvalue weighted by atomic mass is 10.0. The molecule has 1 saturated heterocycles. The van der Waals surface area contributed by atoms with Crippen LogP contribution in [0, 0.1) is 0 Å². The van der Waals surface area contributed by atoms with Crippen LogP contribution in [0.15, 0.2) is 49.1 Å². The molecule has 3 aliphatic rings. The van der Waals surface area contributed by atoms with Crippen molar-refractivity contribution in [3.8, 4) is 16.9 Å². The molecule has 0 atom stereocenters. The molecule has 33 heavy (non-hydrogen) atoms. The molecule has 1 aromatic carbocycles. The van der Waals surface area contributed by atoms with Crippen molar-refractivity contribution >= 4 is 17.5 Å². The van der Waals surface area contributed by atoms with Crippen LogP contribution >= 0.6 is 0 Å². The number of amides is 1. The van der Waals surface area contributed by atoms with E-state index in [0.717, 1.165) is 53.4 Å². The summed E-state index contributed by atoms with van der Waals surface area (Å²) < 4.78 is 36.3. The summed E-state index contributed by atoms with van der Waals surface area (Å²) in [4.78, 5) is 19.5. The number of carbonyl (C=O) groups is 1. The van der Waals surface area contributed by atoms with E-state index < -0.39 is 13.1 Å². The Bertz CT molecular complexity index is 1280. The zero-order valence-corrected chi connectivity index (χ0v) is 18.2. The first-order chi connectivity index (χ1) is 17.3. The molecule has 2 fully saturated rings. The van der Waals surface area contributed by atoms with Crippen LogP contribution in [0.25, 0.3) is 11.1 Å². The maximum Gasteiger partial charge on any atom is 0.414 e. The number of pyridine rings is 1. The number of fused-ring (bicyclic) bond motifs is 1. The quantitative estimate of drug-likeness (QED) is 0.576. The molecule has 0 unspecified atom stereocenters. The Balaban J connectivity index is 1.14. The average Bonchev–Trinajstić information content (AvgIpc) is 3.62. The van der Waals surface area contributed by atoms with Crippen LogP contribution in [0.3, 0.4) is 0 Å². The third-order valence-corrected chi connectivity index (χ3v) is 6.52. The van der Waals surface area contributed by atoms with E-state index in [0.29, 0.717) is 17.3 Å². The molecule has 0 bridgehead atoms. The minimum absolute atomic E-state index is 0.0365. The molecule has 0 radical (unpaired) electrons. The standard InChI is InChI=1S/C25H27N5O3/c1-28-24-5-2-17(10-19(24)16-32-25(28)31)18-11-21(13-26-12-18)29-8-6-22(7-9-29)33-23-14-27-30(15-23)20-3-4-20/h2,5,10-15,20,22H,3-4,6-9,16H2,1H3/i1D3. The summed E-state index contributed by atoms with van der Waals surface area (Å²) >= 11 is 0. The number of piperidine rings is 1. The Labute approximate surface area is 196 Å². The van der Waals surface area contributed by atoms with Crippen molar-refractivity contribution in [1.82, 2.24) is 14.8 Å². The van der Waals surface area contributed by atoms with Gasteiger partial charge in [-0.25, -0.2) is 4.79 Å². The van der Waals surface area contributed by atoms with Crippen molar-refractivity contribution in [2.75, 3.05) is 29.9 Å². The summed E-state index contributed by atoms with van der Waals surface area (Å²) in [6.07, 6.45) is 11.0. The van der Waals surface area contributed by atoms with Gasteiger partial charge in [-0.2, -0.15) is 5.10 Å². The van der Waals surface area contributed by atoms with Gasteiger partial charge in [-0.1, -0.05) is 6.07 Å². The Kier molecular flexibility index (Phi) is 4.17. The van der Waals surface area contributed by atoms with Crippen molar-refractivity contribution in [3.63, 3.8) is 0 Å². The summed E-state index contributed by atoms with van der Waals surface area (Å²) in [6.45, 7) is -0.849. The molecular formula is C25H27N5O3. The normalized spacial score (nSPS) is 20.5. The van der Waals surface area contributed by atoms with Crippen molar-refractivity contribution in [3.05, 3.63) is 54.6 Å². The Hall–Kier alpha value is -3.55. The summed E-state index contributed by atoms with van der Waals surface area (Å²) in [5.74, 6) is 0.846. The van der Waals surface area contributed by atoms with Crippen LogP contribution in [0.1, 0.15) is 41.4 Å². The second kappa shape index (κ2) is 8.10. The Morgan fingerprint density at radius 3 is 2.79 bits per heavy atom. The molecule has 1 amide bonds. The van der Waals surface area contributed by atoms with E-state index in [1.165, 1.54) is 12.8 Å². The predicted octanol–water partition coefficient (Wildman–Crippen LogP) is 4.41. The first-order valence-corrected chi connectivity index (χ1v) is 11.4. The third-order valence-electron chi connectivity index (χ3n) is 6.52. The van der Waals surface area contributed by atoms with Crippen LogP contribution in [-0.4, -0.2) is 47.0 Å². The number of nitrogens with zero attached hydrogens (tertiary/aromatic N) is 5. The largest absolute Gasteiger partial charge is 0.487 e. The van der Waals surface area contributed by atoms with E-state index in [-0.39, 0.29) is 12.7 Å². The van der Waals surface area contributed by atoms with Gasteiger partial charge in [0.05, 0.1) is 36.0 Å². The second-order valence-corrected chi connectivity index (χ2v) is 8.86. The van der Waals surface area contributed by atoms with Gasteiger partial charge < -0.3 is 14.4 Å². The number of ether oxygens (including phenoxy) is 2. The summed E-state index contributed by atoms with van der Waals surface area (Å²) in [5, 5.41) is 4.41. The van der Waals surface area contributed by atoms with E-state index in [9.17, 15) is 4.79 Å². The monoisotopic (exact) mass is 448 g/mol. The van der Waals surface area contributed by atoms with E-state index in [1.807, 2.05) is 35.4 Å². The number of anilines is 2. The van der Waals surface area contributed by atoms with Gasteiger partial charge in [0, 0.05) is 54.3 Å². The van der Waals surface area contributed by atoms with Crippen LogP contribution < -0.4 is 14.5 Å². The van der Waals surface area contributed by atoms with E-state index >= 15 is 0 Å². The van der Waals surface area contributed by atoms with Crippen molar-refractivity contribution < 1.29 is 18.4 Å². The van der Waals surface area contributed by atoms with Gasteiger partial charge in [-0.15, -0.1) is 0 Å². The fraction of sp³-hybridized carbons (Fsp3) is 0.400. The fourth-order valence-corrected chi connectivity index (χ4v) is 4.50. The molecule has 0 N–H and O–H groups in total. The minimum atomic E-state index is -2.61. The highest BCUT2D eigenvalue weighted by Crippen LogP contribution is 2.35. The number of hydrogen-bond acceptors (Lipinski definition) is 6. The highest BCUT2D eigenvalue weighted by atomic mass is 16.6. The van der Waals surface area contributed by atoms with E-state index in [4.69, 9.17) is 13.6 Å². The molecule has 2 aliphatic heterocycles. The third kappa shape index (κ3) is 4.01. The summed E-state index contributed by atoms with van der Waals surface area (Å²) in [6, 6.07) is 7.99. The Morgan fingerprint density at radius 2 is 1.97 bits per heavy atom. The van der Waals surface area contributed by atoms with Crippen molar-refractivity contribution in [1.29, 1.82) is 0 Å². The minimum Gasteiger partial charge on any atom is -0.487 e. The van der Waals surface area contributed by atoms with Crippen molar-refractivity contribution in [2.24, 2.45) is 0 Å². The maximum atomic E-state index is 12.0. The van der Waals surface area contributed by atoms with Crippen LogP contribution in [-0.2, 0) is 11.3 Å². The predicted molar refractivity (Wildman–Crippen MR) is 125 cm³/mol. The van der Waals surface area contributed by atoms with Gasteiger partial charge >= 0.3 is 6.09 Å². The zero-order chi connectivity index (χ0) is 24.9. The number of carbonyl (C=O) groups excluding carboxylic acids is 1. The van der Waals surface area contributed by atoms with Gasteiger partial charge in [0.15, 0.2) is 5.75 Å². The lowest BCUT2D eigenvalue weighted by Gasteiger charge is -2.33. The molecule has 8 heteroatoms. The first-order valence-electron chi connectivity index (χ1n) is 12.9. The number of aromatic nitrogens is 3. The summed E-state index contributed by atoms with van der Waals surface area (Å²) in [7, 11) is 0. The Morgan fingerprint density at radius 1 is 1.09 bits per heavy atom. The van der Waals surface area contributed by atoms with Gasteiger partial charge in [0.1, 0.15) is 12.7 Å². The van der Waals surface area contributed by atoms with E-state index in [2.05, 4.69) is 21.0 Å². The topological polar surface area (TPSA) is 72.7 Å². The van der Waals surface area contributed by atoms with Crippen LogP contribution in [0.2, 0.25) is 0 Å². The van der Waals surface area contributed by atoms with Crippen molar-refractivity contribution in [2.45, 2.75) is 44.4 Å². The number of benzene rings is 1. The lowest BCUT2D eigenvalue weighted by molar-refractivity contribution is 0.143. The van der Waals surface area contributed by atoms with Crippen LogP contribution in [0.5, 0.6) is 5.75 Å². The van der Waals surface area contributed by atoms with E-state index in [1.54, 1.807) is 12.3 Å². The highest BCUT2D eigenvalue weighted by molar-refractivity contribution is 5.90. The second-order valence-electron chi connectivity index (χ2n) is 8.86. The van der Waals surface area contributed by atoms with Gasteiger partial charge in [-0.3, -0.25) is 14.6 Å². The SMILES string of the molecule is [2H]C([2H])([2H])N1C(=O)OCc2cc(-c3cncc(N4CCC(Oc5cnn(C6CC6)c5)CC4)c3)ccc21. The smallest absolute Gasteiger partial charge is 0.414 e.